The topological polar surface area (TPSA) is 81.2 Å². The van der Waals surface area contributed by atoms with Gasteiger partial charge in [0.2, 0.25) is 0 Å². The van der Waals surface area contributed by atoms with Crippen molar-refractivity contribution < 1.29 is 4.92 Å². The van der Waals surface area contributed by atoms with Crippen LogP contribution in [0.2, 0.25) is 0 Å². The molecule has 1 fully saturated rings. The number of nitrogens with zero attached hydrogens (tertiary/aromatic N) is 1. The zero-order valence-electron chi connectivity index (χ0n) is 12.2. The molecule has 2 atom stereocenters. The molecule has 1 aliphatic carbocycles. The molecule has 0 heterocycles. The van der Waals surface area contributed by atoms with E-state index < -0.39 is 0 Å². The fraction of sp³-hybridized carbons (Fsp3) is 0.600. The molecule has 110 valence electrons. The summed E-state index contributed by atoms with van der Waals surface area (Å²) in [6, 6.07) is 3.92. The molecule has 1 aromatic carbocycles. The SMILES string of the molecule is Cc1cc([N+](=O)[O-])c(C)cc1NC1CCCCC1CN. The molecule has 5 nitrogen and oxygen atoms in total. The Morgan fingerprint density at radius 2 is 2.00 bits per heavy atom. The maximum absolute atomic E-state index is 10.9. The number of nitro benzene ring substituents is 1. The molecule has 0 aliphatic heterocycles. The number of benzene rings is 1. The molecule has 0 radical (unpaired) electrons. The minimum absolute atomic E-state index is 0.187. The first-order valence-corrected chi connectivity index (χ1v) is 7.25. The second-order valence-electron chi connectivity index (χ2n) is 5.74. The van der Waals surface area contributed by atoms with Crippen molar-refractivity contribution in [3.05, 3.63) is 33.4 Å². The highest BCUT2D eigenvalue weighted by atomic mass is 16.6. The van der Waals surface area contributed by atoms with E-state index in [1.54, 1.807) is 13.0 Å². The molecular formula is C15H23N3O2. The Hall–Kier alpha value is -1.62. The maximum Gasteiger partial charge on any atom is 0.272 e. The summed E-state index contributed by atoms with van der Waals surface area (Å²) < 4.78 is 0. The summed E-state index contributed by atoms with van der Waals surface area (Å²) in [5.41, 5.74) is 8.65. The molecule has 0 aromatic heterocycles. The number of nitro groups is 1. The zero-order valence-corrected chi connectivity index (χ0v) is 12.2. The van der Waals surface area contributed by atoms with Gasteiger partial charge in [-0.2, -0.15) is 0 Å². The van der Waals surface area contributed by atoms with Crippen LogP contribution in [0.15, 0.2) is 12.1 Å². The number of nitrogens with one attached hydrogen (secondary N) is 1. The van der Waals surface area contributed by atoms with E-state index in [0.717, 1.165) is 17.7 Å². The van der Waals surface area contributed by atoms with Gasteiger partial charge in [-0.3, -0.25) is 10.1 Å². The van der Waals surface area contributed by atoms with Gasteiger partial charge < -0.3 is 11.1 Å². The number of hydrogen-bond acceptors (Lipinski definition) is 4. The first-order valence-electron chi connectivity index (χ1n) is 7.25. The van der Waals surface area contributed by atoms with Gasteiger partial charge in [0.15, 0.2) is 0 Å². The molecule has 1 aliphatic rings. The van der Waals surface area contributed by atoms with E-state index in [4.69, 9.17) is 5.73 Å². The molecule has 0 bridgehead atoms. The fourth-order valence-electron chi connectivity index (χ4n) is 3.03. The molecule has 3 N–H and O–H groups in total. The lowest BCUT2D eigenvalue weighted by molar-refractivity contribution is -0.385. The van der Waals surface area contributed by atoms with Crippen LogP contribution in [0.3, 0.4) is 0 Å². The quantitative estimate of drug-likeness (QED) is 0.654. The maximum atomic E-state index is 10.9. The highest BCUT2D eigenvalue weighted by Crippen LogP contribution is 2.30. The molecular weight excluding hydrogens is 254 g/mol. The van der Waals surface area contributed by atoms with Gasteiger partial charge in [-0.1, -0.05) is 12.8 Å². The van der Waals surface area contributed by atoms with Crippen molar-refractivity contribution in [3.63, 3.8) is 0 Å². The van der Waals surface area contributed by atoms with Gasteiger partial charge in [0.1, 0.15) is 0 Å². The number of anilines is 1. The van der Waals surface area contributed by atoms with Crippen LogP contribution in [0.1, 0.15) is 36.8 Å². The molecule has 20 heavy (non-hydrogen) atoms. The van der Waals surface area contributed by atoms with E-state index in [1.165, 1.54) is 19.3 Å². The Labute approximate surface area is 119 Å². The van der Waals surface area contributed by atoms with Crippen LogP contribution >= 0.6 is 0 Å². The third-order valence-corrected chi connectivity index (χ3v) is 4.29. The summed E-state index contributed by atoms with van der Waals surface area (Å²) in [5.74, 6) is 0.499. The fourth-order valence-corrected chi connectivity index (χ4v) is 3.03. The van der Waals surface area contributed by atoms with Crippen LogP contribution in [0, 0.1) is 29.9 Å². The first kappa shape index (κ1) is 14.8. The van der Waals surface area contributed by atoms with Crippen LogP contribution in [0.25, 0.3) is 0 Å². The van der Waals surface area contributed by atoms with E-state index >= 15 is 0 Å². The van der Waals surface area contributed by atoms with Gasteiger partial charge in [-0.15, -0.1) is 0 Å². The van der Waals surface area contributed by atoms with E-state index in [1.807, 2.05) is 13.0 Å². The molecule has 0 saturated heterocycles. The van der Waals surface area contributed by atoms with Crippen LogP contribution < -0.4 is 11.1 Å². The van der Waals surface area contributed by atoms with Crippen LogP contribution in [-0.2, 0) is 0 Å². The highest BCUT2D eigenvalue weighted by Gasteiger charge is 2.24. The number of nitrogens with two attached hydrogens (primary N) is 1. The van der Waals surface area contributed by atoms with Crippen molar-refractivity contribution in [1.82, 2.24) is 0 Å². The molecule has 1 saturated carbocycles. The molecule has 5 heteroatoms. The monoisotopic (exact) mass is 277 g/mol. The Kier molecular flexibility index (Phi) is 4.60. The molecule has 2 unspecified atom stereocenters. The minimum Gasteiger partial charge on any atom is -0.382 e. The summed E-state index contributed by atoms with van der Waals surface area (Å²) in [7, 11) is 0. The zero-order chi connectivity index (χ0) is 14.7. The van der Waals surface area contributed by atoms with Crippen molar-refractivity contribution >= 4 is 11.4 Å². The Morgan fingerprint density at radius 1 is 1.30 bits per heavy atom. The van der Waals surface area contributed by atoms with E-state index in [0.29, 0.717) is 24.1 Å². The van der Waals surface area contributed by atoms with Gasteiger partial charge in [0, 0.05) is 23.4 Å². The standard InChI is InChI=1S/C15H23N3O2/c1-10-8-15(18(19)20)11(2)7-14(10)17-13-6-4-3-5-12(13)9-16/h7-8,12-13,17H,3-6,9,16H2,1-2H3. The van der Waals surface area contributed by atoms with Gasteiger partial charge >= 0.3 is 0 Å². The lowest BCUT2D eigenvalue weighted by atomic mass is 9.84. The van der Waals surface area contributed by atoms with Gasteiger partial charge in [-0.05, 0) is 50.8 Å². The minimum atomic E-state index is -0.324. The molecule has 2 rings (SSSR count). The molecule has 0 amide bonds. The summed E-state index contributed by atoms with van der Waals surface area (Å²) in [4.78, 5) is 10.6. The second-order valence-corrected chi connectivity index (χ2v) is 5.74. The second kappa shape index (κ2) is 6.22. The van der Waals surface area contributed by atoms with Crippen molar-refractivity contribution in [1.29, 1.82) is 0 Å². The van der Waals surface area contributed by atoms with Crippen LogP contribution in [0.5, 0.6) is 0 Å². The highest BCUT2D eigenvalue weighted by molar-refractivity contribution is 5.59. The van der Waals surface area contributed by atoms with Gasteiger partial charge in [0.05, 0.1) is 4.92 Å². The number of aryl methyl sites for hydroxylation is 2. The normalized spacial score (nSPS) is 22.6. The van der Waals surface area contributed by atoms with Crippen LogP contribution in [-0.4, -0.2) is 17.5 Å². The first-order chi connectivity index (χ1) is 9.52. The molecule has 0 spiro atoms. The lowest BCUT2D eigenvalue weighted by Crippen LogP contribution is -2.36. The number of hydrogen-bond donors (Lipinski definition) is 2. The third-order valence-electron chi connectivity index (χ3n) is 4.29. The third kappa shape index (κ3) is 3.10. The smallest absolute Gasteiger partial charge is 0.272 e. The Morgan fingerprint density at radius 3 is 2.65 bits per heavy atom. The molecule has 1 aromatic rings. The van der Waals surface area contributed by atoms with E-state index in [-0.39, 0.29) is 10.6 Å². The summed E-state index contributed by atoms with van der Waals surface area (Å²) >= 11 is 0. The van der Waals surface area contributed by atoms with Crippen molar-refractivity contribution in [2.24, 2.45) is 11.7 Å². The van der Waals surface area contributed by atoms with Crippen molar-refractivity contribution in [2.45, 2.75) is 45.6 Å². The van der Waals surface area contributed by atoms with Gasteiger partial charge in [-0.25, -0.2) is 0 Å². The van der Waals surface area contributed by atoms with Crippen molar-refractivity contribution in [2.75, 3.05) is 11.9 Å². The van der Waals surface area contributed by atoms with Crippen molar-refractivity contribution in [3.8, 4) is 0 Å². The number of rotatable bonds is 4. The summed E-state index contributed by atoms with van der Waals surface area (Å²) in [6.45, 7) is 4.39. The predicted octanol–water partition coefficient (Wildman–Crippen LogP) is 3.14. The summed E-state index contributed by atoms with van der Waals surface area (Å²) in [6.07, 6.45) is 4.76. The van der Waals surface area contributed by atoms with Crippen LogP contribution in [0.4, 0.5) is 11.4 Å². The van der Waals surface area contributed by atoms with E-state index in [2.05, 4.69) is 5.32 Å². The average Bonchev–Trinajstić information content (AvgIpc) is 2.42. The Bertz CT molecular complexity index is 502. The van der Waals surface area contributed by atoms with Gasteiger partial charge in [0.25, 0.3) is 5.69 Å². The van der Waals surface area contributed by atoms with E-state index in [9.17, 15) is 10.1 Å². The Balaban J connectivity index is 2.20. The largest absolute Gasteiger partial charge is 0.382 e. The summed E-state index contributed by atoms with van der Waals surface area (Å²) in [5, 5.41) is 14.5. The predicted molar refractivity (Wildman–Crippen MR) is 81.0 cm³/mol. The average molecular weight is 277 g/mol. The lowest BCUT2D eigenvalue weighted by Gasteiger charge is -2.32.